The Morgan fingerprint density at radius 3 is 2.32 bits per heavy atom. The molecule has 0 atom stereocenters. The van der Waals surface area contributed by atoms with E-state index in [2.05, 4.69) is 15.1 Å². The standard InChI is InChI=1S/C22H24N8O3S/c1-15(31)16-4-6-18(7-5-16)34(32,33)30-10-8-29(9-11-30)22-19-21(23-14-24-22)28(3)20(26-19)17-12-25-27(2)13-17/h4-7,12-14H,8-11H2,1-3H3. The van der Waals surface area contributed by atoms with Crippen LogP contribution in [0.3, 0.4) is 0 Å². The Morgan fingerprint density at radius 1 is 1.00 bits per heavy atom. The number of piperazine rings is 1. The van der Waals surface area contributed by atoms with Crippen molar-refractivity contribution < 1.29 is 13.2 Å². The molecule has 3 aromatic heterocycles. The first-order chi connectivity index (χ1) is 16.3. The Kier molecular flexibility index (Phi) is 5.41. The van der Waals surface area contributed by atoms with E-state index in [1.54, 1.807) is 23.0 Å². The van der Waals surface area contributed by atoms with Crippen LogP contribution in [-0.2, 0) is 24.1 Å². The summed E-state index contributed by atoms with van der Waals surface area (Å²) in [6.07, 6.45) is 5.15. The maximum Gasteiger partial charge on any atom is 0.243 e. The van der Waals surface area contributed by atoms with Gasteiger partial charge in [-0.05, 0) is 19.1 Å². The Hall–Kier alpha value is -3.64. The molecule has 1 fully saturated rings. The summed E-state index contributed by atoms with van der Waals surface area (Å²) < 4.78 is 31.3. The molecule has 1 aliphatic rings. The van der Waals surface area contributed by atoms with Gasteiger partial charge in [0.1, 0.15) is 12.2 Å². The van der Waals surface area contributed by atoms with E-state index in [-0.39, 0.29) is 10.7 Å². The largest absolute Gasteiger partial charge is 0.352 e. The summed E-state index contributed by atoms with van der Waals surface area (Å²) in [7, 11) is 0.0936. The number of carbonyl (C=O) groups is 1. The van der Waals surface area contributed by atoms with Crippen molar-refractivity contribution in [3.05, 3.63) is 48.5 Å². The number of nitrogens with zero attached hydrogens (tertiary/aromatic N) is 8. The van der Waals surface area contributed by atoms with Crippen LogP contribution in [0.1, 0.15) is 17.3 Å². The number of sulfonamides is 1. The molecule has 4 heterocycles. The fourth-order valence-electron chi connectivity index (χ4n) is 4.16. The molecule has 0 bridgehead atoms. The maximum atomic E-state index is 13.1. The predicted molar refractivity (Wildman–Crippen MR) is 126 cm³/mol. The van der Waals surface area contributed by atoms with Crippen molar-refractivity contribution in [3.63, 3.8) is 0 Å². The number of benzene rings is 1. The summed E-state index contributed by atoms with van der Waals surface area (Å²) in [5.74, 6) is 1.31. The third-order valence-electron chi connectivity index (χ3n) is 6.04. The number of aryl methyl sites for hydroxylation is 2. The van der Waals surface area contributed by atoms with Crippen LogP contribution >= 0.6 is 0 Å². The van der Waals surface area contributed by atoms with Gasteiger partial charge in [0.05, 0.1) is 16.7 Å². The van der Waals surface area contributed by atoms with Gasteiger partial charge in [-0.1, -0.05) is 12.1 Å². The molecule has 1 saturated heterocycles. The molecular weight excluding hydrogens is 456 g/mol. The Morgan fingerprint density at radius 2 is 1.71 bits per heavy atom. The van der Waals surface area contributed by atoms with Crippen LogP contribution in [0.2, 0.25) is 0 Å². The van der Waals surface area contributed by atoms with Crippen LogP contribution in [0.25, 0.3) is 22.6 Å². The summed E-state index contributed by atoms with van der Waals surface area (Å²) in [5.41, 5.74) is 2.72. The van der Waals surface area contributed by atoms with Crippen molar-refractivity contribution in [2.24, 2.45) is 14.1 Å². The second-order valence-electron chi connectivity index (χ2n) is 8.24. The van der Waals surface area contributed by atoms with Crippen LogP contribution in [-0.4, -0.2) is 74.0 Å². The first-order valence-electron chi connectivity index (χ1n) is 10.8. The number of anilines is 1. The van der Waals surface area contributed by atoms with Crippen molar-refractivity contribution in [1.82, 2.24) is 33.6 Å². The van der Waals surface area contributed by atoms with Gasteiger partial charge in [0.2, 0.25) is 10.0 Å². The fraction of sp³-hybridized carbons (Fsp3) is 0.318. The number of carbonyl (C=O) groups excluding carboxylic acids is 1. The lowest BCUT2D eigenvalue weighted by atomic mass is 10.2. The van der Waals surface area contributed by atoms with E-state index in [1.807, 2.05) is 29.8 Å². The van der Waals surface area contributed by atoms with E-state index < -0.39 is 10.0 Å². The predicted octanol–water partition coefficient (Wildman–Crippen LogP) is 1.48. The van der Waals surface area contributed by atoms with Gasteiger partial charge in [0.25, 0.3) is 0 Å². The normalized spacial score (nSPS) is 15.2. The van der Waals surface area contributed by atoms with Crippen molar-refractivity contribution in [2.45, 2.75) is 11.8 Å². The minimum atomic E-state index is -3.66. The van der Waals surface area contributed by atoms with Gasteiger partial charge in [-0.25, -0.2) is 23.4 Å². The number of imidazole rings is 1. The molecule has 5 rings (SSSR count). The summed E-state index contributed by atoms with van der Waals surface area (Å²) in [4.78, 5) is 27.4. The topological polar surface area (TPSA) is 119 Å². The summed E-state index contributed by atoms with van der Waals surface area (Å²) in [6, 6.07) is 6.06. The molecule has 0 N–H and O–H groups in total. The van der Waals surface area contributed by atoms with Gasteiger partial charge in [-0.2, -0.15) is 9.40 Å². The molecule has 0 spiro atoms. The molecule has 176 valence electrons. The number of hydrogen-bond acceptors (Lipinski definition) is 8. The Bertz CT molecular complexity index is 1480. The molecule has 0 aliphatic carbocycles. The van der Waals surface area contributed by atoms with E-state index in [0.29, 0.717) is 48.7 Å². The zero-order valence-corrected chi connectivity index (χ0v) is 19.9. The third kappa shape index (κ3) is 3.74. The number of ketones is 1. The Balaban J connectivity index is 1.38. The van der Waals surface area contributed by atoms with Crippen LogP contribution in [0, 0.1) is 0 Å². The van der Waals surface area contributed by atoms with E-state index >= 15 is 0 Å². The van der Waals surface area contributed by atoms with E-state index in [4.69, 9.17) is 4.98 Å². The monoisotopic (exact) mass is 480 g/mol. The van der Waals surface area contributed by atoms with Gasteiger partial charge in [0, 0.05) is 52.0 Å². The molecule has 0 radical (unpaired) electrons. The van der Waals surface area contributed by atoms with E-state index in [1.165, 1.54) is 29.7 Å². The average Bonchev–Trinajstić information content (AvgIpc) is 3.42. The van der Waals surface area contributed by atoms with Crippen LogP contribution < -0.4 is 4.90 Å². The maximum absolute atomic E-state index is 13.1. The highest BCUT2D eigenvalue weighted by Gasteiger charge is 2.30. The van der Waals surface area contributed by atoms with Crippen LogP contribution in [0.5, 0.6) is 0 Å². The highest BCUT2D eigenvalue weighted by atomic mass is 32.2. The summed E-state index contributed by atoms with van der Waals surface area (Å²) in [6.45, 7) is 3.01. The van der Waals surface area contributed by atoms with Crippen molar-refractivity contribution in [2.75, 3.05) is 31.1 Å². The second kappa shape index (κ2) is 8.29. The average molecular weight is 481 g/mol. The zero-order valence-electron chi connectivity index (χ0n) is 19.1. The molecule has 1 aliphatic heterocycles. The number of aromatic nitrogens is 6. The molecule has 4 aromatic rings. The number of fused-ring (bicyclic) bond motifs is 1. The Labute approximate surface area is 196 Å². The van der Waals surface area contributed by atoms with Crippen molar-refractivity contribution >= 4 is 32.8 Å². The third-order valence-corrected chi connectivity index (χ3v) is 7.95. The minimum absolute atomic E-state index is 0.102. The van der Waals surface area contributed by atoms with Crippen molar-refractivity contribution in [3.8, 4) is 11.4 Å². The molecule has 11 nitrogen and oxygen atoms in total. The molecule has 34 heavy (non-hydrogen) atoms. The highest BCUT2D eigenvalue weighted by molar-refractivity contribution is 7.89. The lowest BCUT2D eigenvalue weighted by Gasteiger charge is -2.34. The molecule has 0 amide bonds. The summed E-state index contributed by atoms with van der Waals surface area (Å²) >= 11 is 0. The van der Waals surface area contributed by atoms with Crippen molar-refractivity contribution in [1.29, 1.82) is 0 Å². The van der Waals surface area contributed by atoms with Gasteiger partial charge in [-0.3, -0.25) is 9.48 Å². The first-order valence-corrected chi connectivity index (χ1v) is 12.2. The lowest BCUT2D eigenvalue weighted by Crippen LogP contribution is -2.49. The number of hydrogen-bond donors (Lipinski definition) is 0. The number of Topliss-reactive ketones (excluding diaryl/α,β-unsaturated/α-hetero) is 1. The van der Waals surface area contributed by atoms with Crippen LogP contribution in [0.15, 0.2) is 47.9 Å². The SMILES string of the molecule is CC(=O)c1ccc(S(=O)(=O)N2CCN(c3ncnc4c3nc(-c3cnn(C)c3)n4C)CC2)cc1. The molecule has 1 aromatic carbocycles. The van der Waals surface area contributed by atoms with Gasteiger partial charge >= 0.3 is 0 Å². The zero-order chi connectivity index (χ0) is 24.0. The van der Waals surface area contributed by atoms with E-state index in [0.717, 1.165) is 11.4 Å². The molecule has 0 saturated carbocycles. The molecule has 12 heteroatoms. The smallest absolute Gasteiger partial charge is 0.243 e. The summed E-state index contributed by atoms with van der Waals surface area (Å²) in [5, 5.41) is 4.22. The van der Waals surface area contributed by atoms with Gasteiger partial charge in [0.15, 0.2) is 22.8 Å². The molecular formula is C22H24N8O3S. The molecule has 0 unspecified atom stereocenters. The quantitative estimate of drug-likeness (QED) is 0.394. The van der Waals surface area contributed by atoms with E-state index in [9.17, 15) is 13.2 Å². The minimum Gasteiger partial charge on any atom is -0.352 e. The fourth-order valence-corrected chi connectivity index (χ4v) is 5.59. The van der Waals surface area contributed by atoms with Gasteiger partial charge < -0.3 is 9.47 Å². The number of rotatable bonds is 5. The van der Waals surface area contributed by atoms with Gasteiger partial charge in [-0.15, -0.1) is 0 Å². The second-order valence-corrected chi connectivity index (χ2v) is 10.2. The first kappa shape index (κ1) is 22.2. The highest BCUT2D eigenvalue weighted by Crippen LogP contribution is 2.28. The lowest BCUT2D eigenvalue weighted by molar-refractivity contribution is 0.101. The van der Waals surface area contributed by atoms with Crippen LogP contribution in [0.4, 0.5) is 5.82 Å².